The zero-order valence-electron chi connectivity index (χ0n) is 18.9. The lowest BCUT2D eigenvalue weighted by atomic mass is 10.0. The molecule has 0 saturated carbocycles. The third-order valence-electron chi connectivity index (χ3n) is 6.62. The Balaban J connectivity index is 1.39. The Hall–Kier alpha value is -2.67. The molecule has 5 nitrogen and oxygen atoms in total. The Morgan fingerprint density at radius 1 is 1.12 bits per heavy atom. The lowest BCUT2D eigenvalue weighted by Gasteiger charge is -2.30. The Morgan fingerprint density at radius 3 is 2.69 bits per heavy atom. The minimum Gasteiger partial charge on any atom is -0.371 e. The number of nitrogens with one attached hydrogen (secondary N) is 1. The summed E-state index contributed by atoms with van der Waals surface area (Å²) >= 11 is 1.57. The molecule has 5 rings (SSSR count). The number of morpholine rings is 1. The Labute approximate surface area is 192 Å². The van der Waals surface area contributed by atoms with Crippen LogP contribution in [0.25, 0.3) is 21.0 Å². The second-order valence-electron chi connectivity index (χ2n) is 8.61. The molecular weight excluding hydrogens is 418 g/mol. The highest BCUT2D eigenvalue weighted by atomic mass is 32.1. The predicted molar refractivity (Wildman–Crippen MR) is 132 cm³/mol. The first-order valence-corrected chi connectivity index (χ1v) is 12.0. The number of ether oxygens (including phenoxy) is 1. The number of carbonyl (C=O) groups is 1. The largest absolute Gasteiger partial charge is 0.371 e. The van der Waals surface area contributed by atoms with Crippen molar-refractivity contribution in [3.63, 3.8) is 0 Å². The molecule has 1 saturated heterocycles. The Bertz CT molecular complexity index is 1290. The van der Waals surface area contributed by atoms with Crippen molar-refractivity contribution in [1.29, 1.82) is 0 Å². The highest BCUT2D eigenvalue weighted by Gasteiger charge is 2.28. The van der Waals surface area contributed by atoms with Gasteiger partial charge in [-0.2, -0.15) is 0 Å². The number of fused-ring (bicyclic) bond motifs is 2. The number of hydrogen-bond acceptors (Lipinski definition) is 4. The quantitative estimate of drug-likeness (QED) is 0.483. The number of likely N-dealkylation sites (N-methyl/N-ethyl adjacent to an activating group) is 1. The average molecular weight is 448 g/mol. The summed E-state index contributed by atoms with van der Waals surface area (Å²) in [5.41, 5.74) is 4.83. The van der Waals surface area contributed by atoms with Crippen molar-refractivity contribution >= 4 is 38.2 Å². The van der Waals surface area contributed by atoms with Gasteiger partial charge in [0.1, 0.15) is 0 Å². The molecule has 6 heteroatoms. The van der Waals surface area contributed by atoms with Crippen molar-refractivity contribution in [2.45, 2.75) is 19.4 Å². The standard InChI is InChI=1S/C26H29N3O2S/c1-17-18(19-8-4-6-10-21(19)29(17)3)12-13-27-26(30)25-24(22-16-28(2)14-15-31-22)20-9-5-7-11-23(20)32-25/h4-11,22H,12-16H2,1-3H3,(H,27,30)/t22-/m1/s1. The molecule has 0 aliphatic carbocycles. The molecule has 2 aromatic heterocycles. The zero-order chi connectivity index (χ0) is 22.2. The summed E-state index contributed by atoms with van der Waals surface area (Å²) in [6, 6.07) is 16.7. The molecule has 0 radical (unpaired) electrons. The molecule has 4 aromatic rings. The van der Waals surface area contributed by atoms with Gasteiger partial charge in [0.05, 0.1) is 17.6 Å². The molecule has 0 unspecified atom stereocenters. The maximum absolute atomic E-state index is 13.3. The van der Waals surface area contributed by atoms with Gasteiger partial charge in [0, 0.05) is 53.5 Å². The van der Waals surface area contributed by atoms with E-state index in [9.17, 15) is 4.79 Å². The van der Waals surface area contributed by atoms with Crippen molar-refractivity contribution in [3.05, 3.63) is 70.2 Å². The van der Waals surface area contributed by atoms with Crippen LogP contribution in [0.15, 0.2) is 48.5 Å². The van der Waals surface area contributed by atoms with Crippen LogP contribution >= 0.6 is 11.3 Å². The monoisotopic (exact) mass is 447 g/mol. The highest BCUT2D eigenvalue weighted by molar-refractivity contribution is 7.21. The molecule has 1 aliphatic heterocycles. The Kier molecular flexibility index (Phi) is 5.76. The van der Waals surface area contributed by atoms with E-state index in [-0.39, 0.29) is 12.0 Å². The van der Waals surface area contributed by atoms with Gasteiger partial charge in [-0.05, 0) is 43.5 Å². The predicted octanol–water partition coefficient (Wildman–Crippen LogP) is 4.68. The van der Waals surface area contributed by atoms with Gasteiger partial charge in [-0.3, -0.25) is 4.79 Å². The average Bonchev–Trinajstić information content (AvgIpc) is 3.31. The molecule has 32 heavy (non-hydrogen) atoms. The second-order valence-corrected chi connectivity index (χ2v) is 9.66. The normalized spacial score (nSPS) is 17.3. The fraction of sp³-hybridized carbons (Fsp3) is 0.346. The van der Waals surface area contributed by atoms with Crippen LogP contribution in [0, 0.1) is 6.92 Å². The summed E-state index contributed by atoms with van der Waals surface area (Å²) in [5, 5.41) is 5.59. The molecule has 1 amide bonds. The summed E-state index contributed by atoms with van der Waals surface area (Å²) in [6.07, 6.45) is 0.730. The molecule has 3 heterocycles. The maximum Gasteiger partial charge on any atom is 0.261 e. The molecule has 1 N–H and O–H groups in total. The number of thiophene rings is 1. The third-order valence-corrected chi connectivity index (χ3v) is 7.81. The van der Waals surface area contributed by atoms with E-state index in [1.807, 2.05) is 12.1 Å². The number of nitrogens with zero attached hydrogens (tertiary/aromatic N) is 2. The topological polar surface area (TPSA) is 46.5 Å². The summed E-state index contributed by atoms with van der Waals surface area (Å²) in [6.45, 7) is 5.17. The number of para-hydroxylation sites is 1. The van der Waals surface area contributed by atoms with Crippen LogP contribution in [-0.4, -0.2) is 48.7 Å². The van der Waals surface area contributed by atoms with Crippen molar-refractivity contribution < 1.29 is 9.53 Å². The second kappa shape index (κ2) is 8.70. The summed E-state index contributed by atoms with van der Waals surface area (Å²) in [4.78, 5) is 16.4. The van der Waals surface area contributed by atoms with Gasteiger partial charge >= 0.3 is 0 Å². The van der Waals surface area contributed by atoms with Gasteiger partial charge in [-0.25, -0.2) is 0 Å². The number of rotatable bonds is 5. The number of hydrogen-bond donors (Lipinski definition) is 1. The van der Waals surface area contributed by atoms with Crippen LogP contribution in [0.2, 0.25) is 0 Å². The van der Waals surface area contributed by atoms with E-state index < -0.39 is 0 Å². The van der Waals surface area contributed by atoms with Crippen LogP contribution in [0.4, 0.5) is 0 Å². The van der Waals surface area contributed by atoms with E-state index in [2.05, 4.69) is 72.2 Å². The molecule has 0 spiro atoms. The first-order valence-electron chi connectivity index (χ1n) is 11.2. The lowest BCUT2D eigenvalue weighted by Crippen LogP contribution is -2.36. The zero-order valence-corrected chi connectivity index (χ0v) is 19.7. The van der Waals surface area contributed by atoms with Crippen LogP contribution in [0.5, 0.6) is 0 Å². The maximum atomic E-state index is 13.3. The fourth-order valence-corrected chi connectivity index (χ4v) is 5.97. The number of benzene rings is 2. The lowest BCUT2D eigenvalue weighted by molar-refractivity contribution is -0.0202. The van der Waals surface area contributed by atoms with Crippen molar-refractivity contribution in [2.75, 3.05) is 33.3 Å². The van der Waals surface area contributed by atoms with Gasteiger partial charge < -0.3 is 19.5 Å². The van der Waals surface area contributed by atoms with E-state index in [1.165, 1.54) is 22.2 Å². The van der Waals surface area contributed by atoms with E-state index in [0.717, 1.165) is 40.0 Å². The Morgan fingerprint density at radius 2 is 1.88 bits per heavy atom. The smallest absolute Gasteiger partial charge is 0.261 e. The van der Waals surface area contributed by atoms with Gasteiger partial charge in [-0.1, -0.05) is 36.4 Å². The minimum absolute atomic E-state index is 0.00378. The van der Waals surface area contributed by atoms with Gasteiger partial charge in [-0.15, -0.1) is 11.3 Å². The van der Waals surface area contributed by atoms with Crippen LogP contribution in [0.1, 0.15) is 32.6 Å². The minimum atomic E-state index is -0.0778. The van der Waals surface area contributed by atoms with Crippen LogP contribution in [0.3, 0.4) is 0 Å². The molecule has 1 aliphatic rings. The first kappa shape index (κ1) is 21.2. The molecular formula is C26H29N3O2S. The van der Waals surface area contributed by atoms with E-state index >= 15 is 0 Å². The summed E-state index contributed by atoms with van der Waals surface area (Å²) in [5.74, 6) is -0.00378. The third kappa shape index (κ3) is 3.72. The van der Waals surface area contributed by atoms with Crippen molar-refractivity contribution in [3.8, 4) is 0 Å². The van der Waals surface area contributed by atoms with Crippen LogP contribution in [-0.2, 0) is 18.2 Å². The van der Waals surface area contributed by atoms with Gasteiger partial charge in [0.15, 0.2) is 0 Å². The summed E-state index contributed by atoms with van der Waals surface area (Å²) < 4.78 is 9.48. The van der Waals surface area contributed by atoms with E-state index in [0.29, 0.717) is 13.2 Å². The first-order chi connectivity index (χ1) is 15.5. The molecule has 1 atom stereocenters. The van der Waals surface area contributed by atoms with Gasteiger partial charge in [0.25, 0.3) is 5.91 Å². The SMILES string of the molecule is Cc1c(CCNC(=O)c2sc3ccccc3c2[C@H]2CN(C)CCO2)c2ccccc2n1C. The summed E-state index contributed by atoms with van der Waals surface area (Å²) in [7, 11) is 4.21. The van der Waals surface area contributed by atoms with E-state index in [4.69, 9.17) is 4.74 Å². The number of amides is 1. The number of aryl methyl sites for hydroxylation is 1. The molecule has 0 bridgehead atoms. The van der Waals surface area contributed by atoms with Crippen molar-refractivity contribution in [1.82, 2.24) is 14.8 Å². The van der Waals surface area contributed by atoms with Gasteiger partial charge in [0.2, 0.25) is 0 Å². The molecule has 2 aromatic carbocycles. The van der Waals surface area contributed by atoms with Crippen LogP contribution < -0.4 is 5.32 Å². The fourth-order valence-electron chi connectivity index (χ4n) is 4.80. The molecule has 166 valence electrons. The van der Waals surface area contributed by atoms with Crippen molar-refractivity contribution in [2.24, 2.45) is 7.05 Å². The number of carbonyl (C=O) groups excluding carboxylic acids is 1. The highest BCUT2D eigenvalue weighted by Crippen LogP contribution is 2.38. The number of aromatic nitrogens is 1. The molecule has 1 fully saturated rings. The van der Waals surface area contributed by atoms with E-state index in [1.54, 1.807) is 11.3 Å².